The molecular weight excluding hydrogens is 403 g/mol. The Labute approximate surface area is 183 Å². The van der Waals surface area contributed by atoms with Crippen molar-refractivity contribution in [3.63, 3.8) is 0 Å². The zero-order valence-corrected chi connectivity index (χ0v) is 20.4. The summed E-state index contributed by atoms with van der Waals surface area (Å²) in [7, 11) is 1.92. The second-order valence-electron chi connectivity index (χ2n) is 9.34. The minimum Gasteiger partial charge on any atom is -0.342 e. The predicted molar refractivity (Wildman–Crippen MR) is 121 cm³/mol. The summed E-state index contributed by atoms with van der Waals surface area (Å²) in [6, 6.07) is 0. The molecule has 30 heavy (non-hydrogen) atoms. The number of quaternary nitrogens is 1. The topological polar surface area (TPSA) is 76.1 Å². The molecular formula is C22H44N2O5P+. The molecule has 0 radical (unpaired) electrons. The lowest BCUT2D eigenvalue weighted by Crippen LogP contribution is -2.37. The Morgan fingerprint density at radius 3 is 2.53 bits per heavy atom. The van der Waals surface area contributed by atoms with Gasteiger partial charge in [0.2, 0.25) is 5.91 Å². The summed E-state index contributed by atoms with van der Waals surface area (Å²) in [6.45, 7) is 4.39. The zero-order chi connectivity index (χ0) is 22.5. The van der Waals surface area contributed by atoms with Gasteiger partial charge in [0.05, 0.1) is 27.7 Å². The van der Waals surface area contributed by atoms with Crippen LogP contribution in [0.4, 0.5) is 0 Å². The summed E-state index contributed by atoms with van der Waals surface area (Å²) in [5, 5.41) is 0. The summed E-state index contributed by atoms with van der Waals surface area (Å²) in [4.78, 5) is 24.0. The van der Waals surface area contributed by atoms with Crippen LogP contribution in [-0.2, 0) is 18.4 Å². The molecule has 0 bridgehead atoms. The molecule has 1 aliphatic rings. The minimum absolute atomic E-state index is 0.0727. The Bertz CT molecular complexity index is 562. The Kier molecular flexibility index (Phi) is 13.1. The van der Waals surface area contributed by atoms with E-state index in [0.29, 0.717) is 30.5 Å². The SMILES string of the molecule is CCCCCCCC/C=C\CC(=O)N1CC[C@@H](COP(=O)(O)OCC[N+](C)(C)C)C1. The third-order valence-corrected chi connectivity index (χ3v) is 6.30. The van der Waals surface area contributed by atoms with E-state index in [9.17, 15) is 14.3 Å². The van der Waals surface area contributed by atoms with Crippen molar-refractivity contribution in [2.45, 2.75) is 64.7 Å². The second kappa shape index (κ2) is 14.4. The van der Waals surface area contributed by atoms with Crippen molar-refractivity contribution in [2.24, 2.45) is 5.92 Å². The van der Waals surface area contributed by atoms with Crippen LogP contribution in [-0.4, -0.2) is 74.2 Å². The highest BCUT2D eigenvalue weighted by Crippen LogP contribution is 2.44. The van der Waals surface area contributed by atoms with E-state index in [1.54, 1.807) is 0 Å². The molecule has 0 aromatic heterocycles. The number of carbonyl (C=O) groups excluding carboxylic acids is 1. The number of phosphoric ester groups is 1. The van der Waals surface area contributed by atoms with Crippen molar-refractivity contribution in [1.29, 1.82) is 0 Å². The molecule has 1 amide bonds. The smallest absolute Gasteiger partial charge is 0.342 e. The summed E-state index contributed by atoms with van der Waals surface area (Å²) in [6.07, 6.45) is 14.0. The molecule has 0 aliphatic carbocycles. The molecule has 2 atom stereocenters. The maximum atomic E-state index is 12.3. The molecule has 176 valence electrons. The number of phosphoric acid groups is 1. The largest absolute Gasteiger partial charge is 0.472 e. The van der Waals surface area contributed by atoms with E-state index in [-0.39, 0.29) is 25.0 Å². The van der Waals surface area contributed by atoms with Crippen molar-refractivity contribution in [3.05, 3.63) is 12.2 Å². The molecule has 1 unspecified atom stereocenters. The molecule has 7 nitrogen and oxygen atoms in total. The molecule has 1 fully saturated rings. The van der Waals surface area contributed by atoms with Gasteiger partial charge in [-0.15, -0.1) is 0 Å². The summed E-state index contributed by atoms with van der Waals surface area (Å²) >= 11 is 0. The van der Waals surface area contributed by atoms with Crippen LogP contribution in [0, 0.1) is 5.92 Å². The van der Waals surface area contributed by atoms with E-state index in [2.05, 4.69) is 13.0 Å². The molecule has 1 aliphatic heterocycles. The average Bonchev–Trinajstić information content (AvgIpc) is 3.13. The van der Waals surface area contributed by atoms with Crippen LogP contribution in [0.2, 0.25) is 0 Å². The number of likely N-dealkylation sites (N-methyl/N-ethyl adjacent to an activating group) is 1. The second-order valence-corrected chi connectivity index (χ2v) is 10.8. The zero-order valence-electron chi connectivity index (χ0n) is 19.6. The van der Waals surface area contributed by atoms with E-state index in [4.69, 9.17) is 9.05 Å². The first kappa shape index (κ1) is 27.3. The highest BCUT2D eigenvalue weighted by molar-refractivity contribution is 7.47. The van der Waals surface area contributed by atoms with E-state index >= 15 is 0 Å². The van der Waals surface area contributed by atoms with E-state index in [1.165, 1.54) is 38.5 Å². The quantitative estimate of drug-likeness (QED) is 0.165. The lowest BCUT2D eigenvalue weighted by molar-refractivity contribution is -0.870. The Hall–Kier alpha value is -0.720. The van der Waals surface area contributed by atoms with Crippen molar-refractivity contribution in [3.8, 4) is 0 Å². The van der Waals surface area contributed by atoms with Gasteiger partial charge in [0.1, 0.15) is 13.2 Å². The molecule has 1 N–H and O–H groups in total. The Morgan fingerprint density at radius 2 is 1.83 bits per heavy atom. The van der Waals surface area contributed by atoms with Gasteiger partial charge in [-0.1, -0.05) is 51.2 Å². The lowest BCUT2D eigenvalue weighted by Gasteiger charge is -2.24. The maximum absolute atomic E-state index is 12.3. The van der Waals surface area contributed by atoms with E-state index < -0.39 is 7.82 Å². The fourth-order valence-corrected chi connectivity index (χ4v) is 4.12. The molecule has 0 aromatic rings. The molecule has 1 rings (SSSR count). The first-order valence-corrected chi connectivity index (χ1v) is 13.0. The van der Waals surface area contributed by atoms with Gasteiger partial charge in [0, 0.05) is 25.4 Å². The highest BCUT2D eigenvalue weighted by atomic mass is 31.2. The van der Waals surface area contributed by atoms with E-state index in [1.807, 2.05) is 32.1 Å². The third kappa shape index (κ3) is 13.6. The van der Waals surface area contributed by atoms with Crippen molar-refractivity contribution < 1.29 is 27.8 Å². The normalized spacial score (nSPS) is 19.5. The van der Waals surface area contributed by atoms with Crippen LogP contribution >= 0.6 is 7.82 Å². The highest BCUT2D eigenvalue weighted by Gasteiger charge is 2.29. The number of hydrogen-bond donors (Lipinski definition) is 1. The first-order valence-electron chi connectivity index (χ1n) is 11.5. The van der Waals surface area contributed by atoms with Crippen molar-refractivity contribution in [1.82, 2.24) is 4.90 Å². The van der Waals surface area contributed by atoms with Gasteiger partial charge in [-0.3, -0.25) is 13.8 Å². The van der Waals surface area contributed by atoms with Crippen molar-refractivity contribution >= 4 is 13.7 Å². The standard InChI is InChI=1S/C22H43N2O5P/c1-5-6-7-8-9-10-11-12-13-14-22(25)23-16-15-21(19-23)20-29-30(26,27)28-18-17-24(2,3)4/h12-13,21H,5-11,14-20H2,1-4H3/p+1/b13-12-/t21-/m1/s1. The van der Waals surface area contributed by atoms with Gasteiger partial charge in [0.15, 0.2) is 0 Å². The minimum atomic E-state index is -4.04. The van der Waals surface area contributed by atoms with Crippen LogP contribution in [0.15, 0.2) is 12.2 Å². The molecule has 0 spiro atoms. The number of allylic oxidation sites excluding steroid dienone is 1. The van der Waals surface area contributed by atoms with Gasteiger partial charge >= 0.3 is 7.82 Å². The third-order valence-electron chi connectivity index (χ3n) is 5.31. The fraction of sp³-hybridized carbons (Fsp3) is 0.864. The maximum Gasteiger partial charge on any atom is 0.472 e. The van der Waals surface area contributed by atoms with Gasteiger partial charge in [0.25, 0.3) is 0 Å². The fourth-order valence-electron chi connectivity index (χ4n) is 3.34. The molecule has 0 saturated carbocycles. The summed E-state index contributed by atoms with van der Waals surface area (Å²) in [5.41, 5.74) is 0. The van der Waals surface area contributed by atoms with Gasteiger partial charge in [-0.05, 0) is 19.3 Å². The molecule has 8 heteroatoms. The number of likely N-dealkylation sites (tertiary alicyclic amines) is 1. The van der Waals surface area contributed by atoms with Crippen molar-refractivity contribution in [2.75, 3.05) is 54.0 Å². The summed E-state index contributed by atoms with van der Waals surface area (Å²) in [5.74, 6) is 0.187. The summed E-state index contributed by atoms with van der Waals surface area (Å²) < 4.78 is 22.8. The van der Waals surface area contributed by atoms with Crippen LogP contribution in [0.3, 0.4) is 0 Å². The number of amides is 1. The number of nitrogens with zero attached hydrogens (tertiary/aromatic N) is 2. The number of rotatable bonds is 16. The number of hydrogen-bond acceptors (Lipinski definition) is 4. The monoisotopic (exact) mass is 447 g/mol. The number of unbranched alkanes of at least 4 members (excludes halogenated alkanes) is 6. The number of carbonyl (C=O) groups is 1. The van der Waals surface area contributed by atoms with Crippen LogP contribution in [0.5, 0.6) is 0 Å². The van der Waals surface area contributed by atoms with Gasteiger partial charge < -0.3 is 14.3 Å². The molecule has 1 saturated heterocycles. The Balaban J connectivity index is 2.16. The predicted octanol–water partition coefficient (Wildman–Crippen LogP) is 4.37. The average molecular weight is 448 g/mol. The van der Waals surface area contributed by atoms with Crippen LogP contribution in [0.1, 0.15) is 64.7 Å². The Morgan fingerprint density at radius 1 is 1.13 bits per heavy atom. The van der Waals surface area contributed by atoms with Gasteiger partial charge in [-0.25, -0.2) is 4.57 Å². The first-order chi connectivity index (χ1) is 14.1. The van der Waals surface area contributed by atoms with Gasteiger partial charge in [-0.2, -0.15) is 0 Å². The van der Waals surface area contributed by atoms with Crippen LogP contribution < -0.4 is 0 Å². The molecule has 0 aromatic carbocycles. The van der Waals surface area contributed by atoms with Crippen LogP contribution in [0.25, 0.3) is 0 Å². The lowest BCUT2D eigenvalue weighted by atomic mass is 10.1. The molecule has 1 heterocycles. The van der Waals surface area contributed by atoms with E-state index in [0.717, 1.165) is 12.8 Å².